The van der Waals surface area contributed by atoms with Gasteiger partial charge in [0.15, 0.2) is 5.17 Å². The van der Waals surface area contributed by atoms with Crippen LogP contribution in [-0.2, 0) is 0 Å². The average molecular weight is 219 g/mol. The lowest BCUT2D eigenvalue weighted by Gasteiger charge is -2.17. The Morgan fingerprint density at radius 1 is 1.40 bits per heavy atom. The highest BCUT2D eigenvalue weighted by atomic mass is 32.2. The Hall–Kier alpha value is -1.16. The highest BCUT2D eigenvalue weighted by Gasteiger charge is 2.31. The number of fused-ring (bicyclic) bond motifs is 3. The predicted molar refractivity (Wildman–Crippen MR) is 66.3 cm³/mol. The Morgan fingerprint density at radius 2 is 2.27 bits per heavy atom. The molecule has 0 fully saturated rings. The molecule has 0 spiro atoms. The molecule has 0 bridgehead atoms. The zero-order chi connectivity index (χ0) is 10.4. The van der Waals surface area contributed by atoms with Crippen molar-refractivity contribution >= 4 is 28.3 Å². The lowest BCUT2D eigenvalue weighted by molar-refractivity contribution is 1.01. The van der Waals surface area contributed by atoms with E-state index in [1.54, 1.807) is 11.8 Å². The molecule has 0 radical (unpaired) electrons. The van der Waals surface area contributed by atoms with E-state index in [0.29, 0.717) is 0 Å². The summed E-state index contributed by atoms with van der Waals surface area (Å²) in [4.78, 5) is 10.3. The normalized spacial score (nSPS) is 17.5. The van der Waals surface area contributed by atoms with Gasteiger partial charge in [-0.1, -0.05) is 6.07 Å². The Bertz CT molecular complexity index is 439. The molecule has 0 saturated carbocycles. The summed E-state index contributed by atoms with van der Waals surface area (Å²) in [6.07, 6.45) is 0. The number of rotatable bonds is 1. The summed E-state index contributed by atoms with van der Waals surface area (Å²) in [5.41, 5.74) is 2.61. The van der Waals surface area contributed by atoms with Gasteiger partial charge in [0.05, 0.1) is 22.8 Å². The number of anilines is 2. The number of nitrogens with zero attached hydrogens (tertiary/aromatic N) is 3. The summed E-state index contributed by atoms with van der Waals surface area (Å²) >= 11 is 1.80. The van der Waals surface area contributed by atoms with Crippen molar-refractivity contribution in [1.82, 2.24) is 0 Å². The average Bonchev–Trinajstić information content (AvgIpc) is 2.75. The van der Waals surface area contributed by atoms with E-state index in [1.807, 2.05) is 0 Å². The first kappa shape index (κ1) is 9.09. The highest BCUT2D eigenvalue weighted by Crippen LogP contribution is 2.46. The van der Waals surface area contributed by atoms with E-state index in [9.17, 15) is 0 Å². The van der Waals surface area contributed by atoms with E-state index in [2.05, 4.69) is 47.1 Å². The van der Waals surface area contributed by atoms with Gasteiger partial charge in [0.1, 0.15) is 0 Å². The first-order valence-electron chi connectivity index (χ1n) is 5.07. The van der Waals surface area contributed by atoms with E-state index in [-0.39, 0.29) is 0 Å². The van der Waals surface area contributed by atoms with Gasteiger partial charge in [-0.3, -0.25) is 4.99 Å². The van der Waals surface area contributed by atoms with Crippen molar-refractivity contribution in [2.45, 2.75) is 4.90 Å². The molecule has 2 heterocycles. The first-order valence-corrected chi connectivity index (χ1v) is 5.89. The molecule has 0 saturated heterocycles. The molecule has 4 heteroatoms. The standard InChI is InChI=1S/C11H13N3S/c1-13(2)8-4-3-5-9-10(8)15-11-12-6-7-14(9)11/h3-5H,6-7H2,1-2H3. The van der Waals surface area contributed by atoms with Crippen LogP contribution in [0, 0.1) is 0 Å². The number of hydrogen-bond acceptors (Lipinski definition) is 4. The highest BCUT2D eigenvalue weighted by molar-refractivity contribution is 8.15. The van der Waals surface area contributed by atoms with Crippen molar-refractivity contribution in [3.63, 3.8) is 0 Å². The van der Waals surface area contributed by atoms with Crippen LogP contribution in [0.25, 0.3) is 0 Å². The van der Waals surface area contributed by atoms with Crippen molar-refractivity contribution in [1.29, 1.82) is 0 Å². The quantitative estimate of drug-likeness (QED) is 0.720. The fraction of sp³-hybridized carbons (Fsp3) is 0.364. The van der Waals surface area contributed by atoms with Crippen molar-refractivity contribution in [3.05, 3.63) is 18.2 Å². The van der Waals surface area contributed by atoms with Crippen LogP contribution in [0.4, 0.5) is 11.4 Å². The number of hydrogen-bond donors (Lipinski definition) is 0. The fourth-order valence-corrected chi connectivity index (χ4v) is 3.29. The maximum absolute atomic E-state index is 4.50. The largest absolute Gasteiger partial charge is 0.377 e. The molecule has 0 atom stereocenters. The molecule has 0 aliphatic carbocycles. The topological polar surface area (TPSA) is 18.8 Å². The van der Waals surface area contributed by atoms with Gasteiger partial charge < -0.3 is 9.80 Å². The summed E-state index contributed by atoms with van der Waals surface area (Å²) < 4.78 is 0. The van der Waals surface area contributed by atoms with Gasteiger partial charge in [-0.05, 0) is 23.9 Å². The summed E-state index contributed by atoms with van der Waals surface area (Å²) in [6.45, 7) is 1.97. The molecule has 0 aromatic heterocycles. The molecule has 0 amide bonds. The molecule has 15 heavy (non-hydrogen) atoms. The SMILES string of the molecule is CN(C)c1cccc2c1SC1=NCCN12. The Morgan fingerprint density at radius 3 is 3.07 bits per heavy atom. The van der Waals surface area contributed by atoms with Gasteiger partial charge in [0.2, 0.25) is 0 Å². The minimum atomic E-state index is 0.938. The summed E-state index contributed by atoms with van der Waals surface area (Å²) in [5.74, 6) is 0. The smallest absolute Gasteiger partial charge is 0.168 e. The van der Waals surface area contributed by atoms with Crippen molar-refractivity contribution in [2.24, 2.45) is 4.99 Å². The zero-order valence-electron chi connectivity index (χ0n) is 8.90. The van der Waals surface area contributed by atoms with Crippen LogP contribution in [0.3, 0.4) is 0 Å². The maximum Gasteiger partial charge on any atom is 0.168 e. The Kier molecular flexibility index (Phi) is 1.92. The molecule has 2 aliphatic heterocycles. The molecule has 0 unspecified atom stereocenters. The molecule has 3 nitrogen and oxygen atoms in total. The maximum atomic E-state index is 4.50. The summed E-state index contributed by atoms with van der Waals surface area (Å²) in [7, 11) is 4.17. The lowest BCUT2D eigenvalue weighted by atomic mass is 10.2. The third kappa shape index (κ3) is 1.24. The van der Waals surface area contributed by atoms with Gasteiger partial charge in [-0.15, -0.1) is 0 Å². The molecular formula is C11H13N3S. The van der Waals surface area contributed by atoms with E-state index >= 15 is 0 Å². The number of amidine groups is 1. The van der Waals surface area contributed by atoms with Crippen LogP contribution in [-0.4, -0.2) is 32.4 Å². The van der Waals surface area contributed by atoms with Crippen LogP contribution < -0.4 is 9.80 Å². The van der Waals surface area contributed by atoms with Gasteiger partial charge in [0.25, 0.3) is 0 Å². The monoisotopic (exact) mass is 219 g/mol. The van der Waals surface area contributed by atoms with Crippen LogP contribution in [0.1, 0.15) is 0 Å². The molecule has 1 aromatic rings. The zero-order valence-corrected chi connectivity index (χ0v) is 9.71. The number of aliphatic imine (C=N–C) groups is 1. The van der Waals surface area contributed by atoms with Crippen molar-refractivity contribution < 1.29 is 0 Å². The van der Waals surface area contributed by atoms with Gasteiger partial charge in [0, 0.05) is 20.6 Å². The number of thioether (sulfide) groups is 1. The van der Waals surface area contributed by atoms with E-state index < -0.39 is 0 Å². The van der Waals surface area contributed by atoms with Gasteiger partial charge >= 0.3 is 0 Å². The summed E-state index contributed by atoms with van der Waals surface area (Å²) in [6, 6.07) is 6.47. The number of benzene rings is 1. The second-order valence-electron chi connectivity index (χ2n) is 3.94. The third-order valence-electron chi connectivity index (χ3n) is 2.74. The van der Waals surface area contributed by atoms with Crippen LogP contribution >= 0.6 is 11.8 Å². The van der Waals surface area contributed by atoms with Gasteiger partial charge in [-0.25, -0.2) is 0 Å². The predicted octanol–water partition coefficient (Wildman–Crippen LogP) is 2.03. The van der Waals surface area contributed by atoms with E-state index in [1.165, 1.54) is 21.4 Å². The molecule has 1 aromatic carbocycles. The van der Waals surface area contributed by atoms with Crippen molar-refractivity contribution in [3.8, 4) is 0 Å². The fourth-order valence-electron chi connectivity index (χ4n) is 2.01. The minimum Gasteiger partial charge on any atom is -0.377 e. The molecule has 0 N–H and O–H groups in total. The van der Waals surface area contributed by atoms with E-state index in [4.69, 9.17) is 0 Å². The molecule has 3 rings (SSSR count). The lowest BCUT2D eigenvalue weighted by Crippen LogP contribution is -2.20. The molecular weight excluding hydrogens is 206 g/mol. The van der Waals surface area contributed by atoms with Crippen molar-refractivity contribution in [2.75, 3.05) is 37.0 Å². The second-order valence-corrected chi connectivity index (χ2v) is 4.92. The second kappa shape index (κ2) is 3.17. The van der Waals surface area contributed by atoms with Crippen LogP contribution in [0.15, 0.2) is 28.1 Å². The van der Waals surface area contributed by atoms with Gasteiger partial charge in [-0.2, -0.15) is 0 Å². The minimum absolute atomic E-state index is 0.938. The Labute approximate surface area is 93.8 Å². The van der Waals surface area contributed by atoms with E-state index in [0.717, 1.165) is 13.1 Å². The van der Waals surface area contributed by atoms with Crippen LogP contribution in [0.5, 0.6) is 0 Å². The Balaban J connectivity index is 2.13. The van der Waals surface area contributed by atoms with Crippen LogP contribution in [0.2, 0.25) is 0 Å². The molecule has 2 aliphatic rings. The first-order chi connectivity index (χ1) is 7.27. The summed E-state index contributed by atoms with van der Waals surface area (Å²) in [5, 5.41) is 1.17. The molecule has 78 valence electrons. The third-order valence-corrected chi connectivity index (χ3v) is 3.90.